The van der Waals surface area contributed by atoms with Gasteiger partial charge in [0.25, 0.3) is 11.8 Å². The van der Waals surface area contributed by atoms with Crippen LogP contribution in [0.5, 0.6) is 5.75 Å². The molecule has 0 atom stereocenters. The van der Waals surface area contributed by atoms with E-state index in [1.165, 1.54) is 0 Å². The van der Waals surface area contributed by atoms with Gasteiger partial charge in [0.1, 0.15) is 5.75 Å². The number of benzene rings is 2. The highest BCUT2D eigenvalue weighted by Crippen LogP contribution is 2.29. The average Bonchev–Trinajstić information content (AvgIpc) is 3.22. The summed E-state index contributed by atoms with van der Waals surface area (Å²) in [6.07, 6.45) is 0. The van der Waals surface area contributed by atoms with Crippen LogP contribution in [0.3, 0.4) is 0 Å². The summed E-state index contributed by atoms with van der Waals surface area (Å²) in [5.74, 6) is 1.61. The average molecular weight is 447 g/mol. The highest BCUT2D eigenvalue weighted by atomic mass is 35.5. The second kappa shape index (κ2) is 9.04. The molecule has 0 N–H and O–H groups in total. The van der Waals surface area contributed by atoms with Gasteiger partial charge in [-0.2, -0.15) is 4.98 Å². The molecular formula is C21H20Cl2N4O3. The van der Waals surface area contributed by atoms with Crippen LogP contribution < -0.4 is 4.74 Å². The first-order chi connectivity index (χ1) is 14.5. The Balaban J connectivity index is 1.35. The van der Waals surface area contributed by atoms with Crippen molar-refractivity contribution in [2.45, 2.75) is 6.54 Å². The van der Waals surface area contributed by atoms with Crippen LogP contribution in [-0.4, -0.2) is 59.1 Å². The zero-order valence-electron chi connectivity index (χ0n) is 16.3. The molecule has 1 amide bonds. The first kappa shape index (κ1) is 20.7. The van der Waals surface area contributed by atoms with Crippen molar-refractivity contribution in [3.8, 4) is 17.2 Å². The van der Waals surface area contributed by atoms with Gasteiger partial charge in [-0.3, -0.25) is 9.69 Å². The Morgan fingerprint density at radius 3 is 2.67 bits per heavy atom. The molecule has 0 radical (unpaired) electrons. The molecule has 1 aliphatic heterocycles. The van der Waals surface area contributed by atoms with Gasteiger partial charge in [0.15, 0.2) is 5.82 Å². The lowest BCUT2D eigenvalue weighted by Gasteiger charge is -2.34. The Labute approximate surface area is 184 Å². The third-order valence-electron chi connectivity index (χ3n) is 4.97. The SMILES string of the molecule is COc1cccc(C(=O)N2CCN(Cc3noc(-c4ccc(Cl)cc4Cl)n3)CC2)c1. The number of hydrogen-bond acceptors (Lipinski definition) is 6. The van der Waals surface area contributed by atoms with Gasteiger partial charge in [0.05, 0.1) is 24.2 Å². The lowest BCUT2D eigenvalue weighted by atomic mass is 10.1. The Morgan fingerprint density at radius 1 is 1.13 bits per heavy atom. The monoisotopic (exact) mass is 446 g/mol. The van der Waals surface area contributed by atoms with Crippen molar-refractivity contribution in [3.63, 3.8) is 0 Å². The number of carbonyl (C=O) groups excluding carboxylic acids is 1. The second-order valence-electron chi connectivity index (χ2n) is 6.94. The van der Waals surface area contributed by atoms with Gasteiger partial charge in [-0.25, -0.2) is 0 Å². The number of carbonyl (C=O) groups is 1. The van der Waals surface area contributed by atoms with E-state index in [9.17, 15) is 4.79 Å². The summed E-state index contributed by atoms with van der Waals surface area (Å²) in [6, 6.07) is 12.3. The van der Waals surface area contributed by atoms with Crippen molar-refractivity contribution >= 4 is 29.1 Å². The Kier molecular flexibility index (Phi) is 6.22. The molecule has 30 heavy (non-hydrogen) atoms. The third-order valence-corrected chi connectivity index (χ3v) is 5.52. The minimum absolute atomic E-state index is 0.00720. The van der Waals surface area contributed by atoms with Gasteiger partial charge >= 0.3 is 0 Å². The lowest BCUT2D eigenvalue weighted by molar-refractivity contribution is 0.0624. The molecular weight excluding hydrogens is 427 g/mol. The Bertz CT molecular complexity index is 1050. The number of methoxy groups -OCH3 is 1. The maximum atomic E-state index is 12.7. The van der Waals surface area contributed by atoms with Gasteiger partial charge in [-0.05, 0) is 36.4 Å². The molecule has 7 nitrogen and oxygen atoms in total. The van der Waals surface area contributed by atoms with Gasteiger partial charge in [0.2, 0.25) is 0 Å². The highest BCUT2D eigenvalue weighted by Gasteiger charge is 2.24. The molecule has 1 fully saturated rings. The van der Waals surface area contributed by atoms with Gasteiger partial charge in [-0.15, -0.1) is 0 Å². The summed E-state index contributed by atoms with van der Waals surface area (Å²) in [4.78, 5) is 21.2. The summed E-state index contributed by atoms with van der Waals surface area (Å²) in [5, 5.41) is 5.06. The molecule has 1 aromatic heterocycles. The van der Waals surface area contributed by atoms with E-state index in [1.54, 1.807) is 37.4 Å². The Hall–Kier alpha value is -2.61. The summed E-state index contributed by atoms with van der Waals surface area (Å²) in [5.41, 5.74) is 1.28. The topological polar surface area (TPSA) is 71.7 Å². The van der Waals surface area contributed by atoms with Crippen LogP contribution in [0.15, 0.2) is 47.0 Å². The van der Waals surface area contributed by atoms with Crippen LogP contribution in [0, 0.1) is 0 Å². The van der Waals surface area contributed by atoms with Crippen LogP contribution in [0.2, 0.25) is 10.0 Å². The predicted octanol–water partition coefficient (Wildman–Crippen LogP) is 4.01. The van der Waals surface area contributed by atoms with E-state index >= 15 is 0 Å². The van der Waals surface area contributed by atoms with Crippen molar-refractivity contribution in [2.75, 3.05) is 33.3 Å². The van der Waals surface area contributed by atoms with Gasteiger partial charge in [0, 0.05) is 36.8 Å². The van der Waals surface area contributed by atoms with Crippen LogP contribution in [-0.2, 0) is 6.54 Å². The smallest absolute Gasteiger partial charge is 0.259 e. The highest BCUT2D eigenvalue weighted by molar-refractivity contribution is 6.36. The minimum Gasteiger partial charge on any atom is -0.497 e. The normalized spacial score (nSPS) is 14.7. The summed E-state index contributed by atoms with van der Waals surface area (Å²) >= 11 is 12.1. The number of hydrogen-bond donors (Lipinski definition) is 0. The van der Waals surface area contributed by atoms with Crippen molar-refractivity contribution in [1.82, 2.24) is 19.9 Å². The van der Waals surface area contributed by atoms with Crippen molar-refractivity contribution in [3.05, 3.63) is 63.9 Å². The first-order valence-electron chi connectivity index (χ1n) is 9.47. The fourth-order valence-corrected chi connectivity index (χ4v) is 3.83. The van der Waals surface area contributed by atoms with Crippen molar-refractivity contribution < 1.29 is 14.1 Å². The number of amides is 1. The zero-order valence-corrected chi connectivity index (χ0v) is 17.9. The van der Waals surface area contributed by atoms with Crippen LogP contribution in [0.1, 0.15) is 16.2 Å². The lowest BCUT2D eigenvalue weighted by Crippen LogP contribution is -2.48. The quantitative estimate of drug-likeness (QED) is 0.589. The maximum absolute atomic E-state index is 12.7. The van der Waals surface area contributed by atoms with E-state index < -0.39 is 0 Å². The van der Waals surface area contributed by atoms with Gasteiger partial charge in [-0.1, -0.05) is 34.4 Å². The van der Waals surface area contributed by atoms with E-state index in [1.807, 2.05) is 17.0 Å². The predicted molar refractivity (Wildman–Crippen MR) is 114 cm³/mol. The van der Waals surface area contributed by atoms with Crippen LogP contribution in [0.25, 0.3) is 11.5 Å². The third kappa shape index (κ3) is 4.59. The van der Waals surface area contributed by atoms with Crippen LogP contribution >= 0.6 is 23.2 Å². The summed E-state index contributed by atoms with van der Waals surface area (Å²) in [6.45, 7) is 3.24. The molecule has 2 aromatic carbocycles. The van der Waals surface area contributed by atoms with E-state index in [0.717, 1.165) is 13.1 Å². The molecule has 9 heteroatoms. The number of piperazine rings is 1. The molecule has 0 bridgehead atoms. The number of aromatic nitrogens is 2. The molecule has 0 aliphatic carbocycles. The number of rotatable bonds is 5. The summed E-state index contributed by atoms with van der Waals surface area (Å²) < 4.78 is 10.6. The molecule has 3 aromatic rings. The first-order valence-corrected chi connectivity index (χ1v) is 10.2. The largest absolute Gasteiger partial charge is 0.497 e. The molecule has 0 unspecified atom stereocenters. The van der Waals surface area contributed by atoms with Crippen molar-refractivity contribution in [2.24, 2.45) is 0 Å². The number of ether oxygens (including phenoxy) is 1. The fraction of sp³-hybridized carbons (Fsp3) is 0.286. The van der Waals surface area contributed by atoms with Crippen LogP contribution in [0.4, 0.5) is 0 Å². The van der Waals surface area contributed by atoms with E-state index in [4.69, 9.17) is 32.5 Å². The molecule has 2 heterocycles. The summed E-state index contributed by atoms with van der Waals surface area (Å²) in [7, 11) is 1.59. The second-order valence-corrected chi connectivity index (χ2v) is 7.78. The Morgan fingerprint density at radius 2 is 1.93 bits per heavy atom. The standard InChI is InChI=1S/C21H20Cl2N4O3/c1-29-16-4-2-3-14(11-16)21(28)27-9-7-26(8-10-27)13-19-24-20(30-25-19)17-6-5-15(22)12-18(17)23/h2-6,11-12H,7-10,13H2,1H3. The van der Waals surface area contributed by atoms with Gasteiger partial charge < -0.3 is 14.2 Å². The van der Waals surface area contributed by atoms with E-state index in [-0.39, 0.29) is 5.91 Å². The molecule has 4 rings (SSSR count). The van der Waals surface area contributed by atoms with E-state index in [2.05, 4.69) is 15.0 Å². The zero-order chi connectivity index (χ0) is 21.1. The number of nitrogens with zero attached hydrogens (tertiary/aromatic N) is 4. The van der Waals surface area contributed by atoms with Crippen molar-refractivity contribution in [1.29, 1.82) is 0 Å². The maximum Gasteiger partial charge on any atom is 0.259 e. The van der Waals surface area contributed by atoms with E-state index in [0.29, 0.717) is 58.3 Å². The molecule has 0 saturated carbocycles. The fourth-order valence-electron chi connectivity index (χ4n) is 3.34. The molecule has 1 saturated heterocycles. The molecule has 0 spiro atoms. The molecule has 1 aliphatic rings. The molecule has 156 valence electrons. The number of halogens is 2. The minimum atomic E-state index is 0.00720.